The second kappa shape index (κ2) is 19.3. The van der Waals surface area contributed by atoms with Gasteiger partial charge in [-0.25, -0.2) is 0 Å². The highest BCUT2D eigenvalue weighted by atomic mass is 28.3. The van der Waals surface area contributed by atoms with Gasteiger partial charge in [0.1, 0.15) is 23.0 Å². The van der Waals surface area contributed by atoms with Crippen LogP contribution in [-0.2, 0) is 24.6 Å². The van der Waals surface area contributed by atoms with Crippen molar-refractivity contribution in [3.8, 4) is 23.0 Å². The Morgan fingerprint density at radius 3 is 1.41 bits per heavy atom. The van der Waals surface area contributed by atoms with Crippen molar-refractivity contribution >= 4 is 55.8 Å². The molecule has 2 atom stereocenters. The standard InChI is InChI=1S/C54H64N2O6Si2/c1-38-14-22-44(23-15-38)61-45-24-16-41(17-25-45)54(2,3)42-18-26-46(27-19-42)62-47-28-20-43(21-29-47)56-51(58)37-40(53(56)60)12-9-10-34-63(5,6)48-30-32-49(33-31-48)64(7,8)35-11-13-39-36-50(57)55(4)52(39)59/h14-33,39-40H,9-13,34-37H2,1-8H3. The number of aryl methyl sites for hydroxylation is 1. The third-order valence-corrected chi connectivity index (χ3v) is 20.9. The first kappa shape index (κ1) is 46.4. The van der Waals surface area contributed by atoms with Crippen LogP contribution in [0.3, 0.4) is 0 Å². The van der Waals surface area contributed by atoms with Crippen LogP contribution in [0.15, 0.2) is 121 Å². The molecule has 5 aromatic rings. The van der Waals surface area contributed by atoms with Crippen LogP contribution in [0.5, 0.6) is 23.0 Å². The van der Waals surface area contributed by atoms with Crippen LogP contribution in [0.1, 0.15) is 75.5 Å². The number of unbranched alkanes of at least 4 members (excludes halogenated alkanes) is 1. The maximum Gasteiger partial charge on any atom is 0.237 e. The fourth-order valence-electron chi connectivity index (χ4n) is 9.25. The predicted molar refractivity (Wildman–Crippen MR) is 263 cm³/mol. The second-order valence-corrected chi connectivity index (χ2v) is 29.5. The summed E-state index contributed by atoms with van der Waals surface area (Å²) in [4.78, 5) is 53.6. The second-order valence-electron chi connectivity index (χ2n) is 19.8. The zero-order valence-corrected chi connectivity index (χ0v) is 40.9. The third kappa shape index (κ3) is 10.7. The number of imide groups is 2. The molecule has 10 heteroatoms. The summed E-state index contributed by atoms with van der Waals surface area (Å²) >= 11 is 0. The van der Waals surface area contributed by atoms with Gasteiger partial charge in [-0.15, -0.1) is 0 Å². The maximum atomic E-state index is 13.6. The summed E-state index contributed by atoms with van der Waals surface area (Å²) in [5.74, 6) is 2.15. The summed E-state index contributed by atoms with van der Waals surface area (Å²) in [5.41, 5.74) is 3.85. The fraction of sp³-hybridized carbons (Fsp3) is 0.370. The number of amides is 4. The van der Waals surface area contributed by atoms with Gasteiger partial charge < -0.3 is 9.47 Å². The Labute approximate surface area is 382 Å². The molecule has 5 aromatic carbocycles. The van der Waals surface area contributed by atoms with Crippen molar-refractivity contribution in [3.05, 3.63) is 138 Å². The van der Waals surface area contributed by atoms with Gasteiger partial charge in [-0.2, -0.15) is 0 Å². The lowest BCUT2D eigenvalue weighted by Gasteiger charge is -2.27. The topological polar surface area (TPSA) is 93.2 Å². The highest BCUT2D eigenvalue weighted by molar-refractivity contribution is 6.91. The van der Waals surface area contributed by atoms with Crippen molar-refractivity contribution in [2.75, 3.05) is 11.9 Å². The minimum absolute atomic E-state index is 0.0248. The highest BCUT2D eigenvalue weighted by Gasteiger charge is 2.39. The number of hydrogen-bond acceptors (Lipinski definition) is 6. The van der Waals surface area contributed by atoms with Gasteiger partial charge in [0.05, 0.1) is 21.8 Å². The summed E-state index contributed by atoms with van der Waals surface area (Å²) in [6, 6.07) is 43.1. The Hall–Kier alpha value is -5.59. The Bertz CT molecular complexity index is 2440. The molecule has 2 aliphatic heterocycles. The minimum Gasteiger partial charge on any atom is -0.457 e. The molecule has 64 heavy (non-hydrogen) atoms. The highest BCUT2D eigenvalue weighted by Crippen LogP contribution is 2.36. The van der Waals surface area contributed by atoms with Crippen molar-refractivity contribution in [2.45, 2.75) is 109 Å². The summed E-state index contributed by atoms with van der Waals surface area (Å²) < 4.78 is 12.2. The minimum atomic E-state index is -1.71. The van der Waals surface area contributed by atoms with Crippen LogP contribution in [0, 0.1) is 18.8 Å². The van der Waals surface area contributed by atoms with Crippen LogP contribution >= 0.6 is 0 Å². The molecule has 2 aliphatic rings. The monoisotopic (exact) mass is 892 g/mol. The number of benzene rings is 5. The van der Waals surface area contributed by atoms with Crippen molar-refractivity contribution in [1.29, 1.82) is 0 Å². The van der Waals surface area contributed by atoms with Crippen LogP contribution in [0.2, 0.25) is 38.3 Å². The number of anilines is 1. The van der Waals surface area contributed by atoms with Crippen LogP contribution in [0.25, 0.3) is 0 Å². The van der Waals surface area contributed by atoms with E-state index in [4.69, 9.17) is 9.47 Å². The van der Waals surface area contributed by atoms with Crippen molar-refractivity contribution in [3.63, 3.8) is 0 Å². The number of hydrogen-bond donors (Lipinski definition) is 0. The number of rotatable bonds is 18. The molecular formula is C54H64N2O6Si2. The zero-order valence-electron chi connectivity index (χ0n) is 38.9. The van der Waals surface area contributed by atoms with E-state index in [0.717, 1.165) is 54.8 Å². The number of nitrogens with zero attached hydrogens (tertiary/aromatic N) is 2. The lowest BCUT2D eigenvalue weighted by atomic mass is 9.78. The van der Waals surface area contributed by atoms with Gasteiger partial charge in [0.25, 0.3) is 0 Å². The van der Waals surface area contributed by atoms with Gasteiger partial charge in [0.15, 0.2) is 0 Å². The Kier molecular flexibility index (Phi) is 14.0. The third-order valence-electron chi connectivity index (χ3n) is 13.9. The molecule has 0 N–H and O–H groups in total. The van der Waals surface area contributed by atoms with Crippen molar-refractivity contribution in [1.82, 2.24) is 4.90 Å². The van der Waals surface area contributed by atoms with Crippen LogP contribution < -0.4 is 24.7 Å². The number of likely N-dealkylation sites (tertiary alicyclic amines) is 1. The van der Waals surface area contributed by atoms with E-state index in [2.05, 4.69) is 95.5 Å². The molecular weight excluding hydrogens is 829 g/mol. The molecule has 334 valence electrons. The molecule has 4 amide bonds. The van der Waals surface area contributed by atoms with Crippen molar-refractivity contribution in [2.24, 2.45) is 11.8 Å². The van der Waals surface area contributed by atoms with E-state index in [0.29, 0.717) is 30.0 Å². The predicted octanol–water partition coefficient (Wildman–Crippen LogP) is 11.3. The van der Waals surface area contributed by atoms with E-state index in [9.17, 15) is 19.2 Å². The molecule has 8 nitrogen and oxygen atoms in total. The van der Waals surface area contributed by atoms with E-state index in [-0.39, 0.29) is 47.3 Å². The fourth-order valence-corrected chi connectivity index (χ4v) is 14.2. The Morgan fingerprint density at radius 2 is 0.938 bits per heavy atom. The summed E-state index contributed by atoms with van der Waals surface area (Å²) in [7, 11) is -1.81. The SMILES string of the molecule is Cc1ccc(Oc2ccc(C(C)(C)c3ccc(Oc4ccc(N5C(=O)CC(CCCC[Si](C)(C)c6ccc([Si](C)(C)CCCC7CC(=O)N(C)C7=O)cc6)C5=O)cc4)cc3)cc2)cc1. The van der Waals surface area contributed by atoms with E-state index in [1.807, 2.05) is 60.7 Å². The lowest BCUT2D eigenvalue weighted by Crippen LogP contribution is -2.45. The normalized spacial score (nSPS) is 17.1. The molecule has 0 saturated carbocycles. The molecule has 0 spiro atoms. The quantitative estimate of drug-likeness (QED) is 0.0494. The molecule has 0 bridgehead atoms. The van der Waals surface area contributed by atoms with E-state index in [1.54, 1.807) is 19.2 Å². The maximum absolute atomic E-state index is 13.6. The van der Waals surface area contributed by atoms with Crippen molar-refractivity contribution < 1.29 is 28.7 Å². The molecule has 2 heterocycles. The molecule has 2 saturated heterocycles. The van der Waals surface area contributed by atoms with Gasteiger partial charge in [-0.3, -0.25) is 29.0 Å². The number of carbonyl (C=O) groups is 4. The first-order valence-corrected chi connectivity index (χ1v) is 29.3. The average molecular weight is 893 g/mol. The smallest absolute Gasteiger partial charge is 0.237 e. The summed E-state index contributed by atoms with van der Waals surface area (Å²) in [6.45, 7) is 16.1. The van der Waals surface area contributed by atoms with Crippen LogP contribution in [-0.4, -0.2) is 51.7 Å². The van der Waals surface area contributed by atoms with Crippen LogP contribution in [0.4, 0.5) is 5.69 Å². The van der Waals surface area contributed by atoms with E-state index < -0.39 is 16.1 Å². The van der Waals surface area contributed by atoms with Gasteiger partial charge in [-0.05, 0) is 91.6 Å². The Balaban J connectivity index is 0.856. The lowest BCUT2D eigenvalue weighted by molar-refractivity contribution is -0.137. The molecule has 0 radical (unpaired) electrons. The summed E-state index contributed by atoms with van der Waals surface area (Å²) in [5, 5.41) is 2.87. The molecule has 0 aromatic heterocycles. The Morgan fingerprint density at radius 1 is 0.531 bits per heavy atom. The summed E-state index contributed by atoms with van der Waals surface area (Å²) in [6.07, 6.45) is 5.00. The van der Waals surface area contributed by atoms with Gasteiger partial charge in [0.2, 0.25) is 23.6 Å². The van der Waals surface area contributed by atoms with Gasteiger partial charge in [-0.1, -0.05) is 148 Å². The molecule has 0 aliphatic carbocycles. The van der Waals surface area contributed by atoms with E-state index >= 15 is 0 Å². The van der Waals surface area contributed by atoms with E-state index in [1.165, 1.54) is 31.3 Å². The first-order valence-electron chi connectivity index (χ1n) is 22.9. The molecule has 2 unspecified atom stereocenters. The number of ether oxygens (including phenoxy) is 2. The van der Waals surface area contributed by atoms with Gasteiger partial charge >= 0.3 is 0 Å². The largest absolute Gasteiger partial charge is 0.457 e. The molecule has 7 rings (SSSR count). The number of carbonyl (C=O) groups excluding carboxylic acids is 4. The average Bonchev–Trinajstić information content (AvgIpc) is 3.70. The molecule has 2 fully saturated rings. The van der Waals surface area contributed by atoms with Gasteiger partial charge in [0, 0.05) is 37.1 Å². The first-order chi connectivity index (χ1) is 30.4. The zero-order chi connectivity index (χ0) is 45.8.